The highest BCUT2D eigenvalue weighted by Gasteiger charge is 2.17. The van der Waals surface area contributed by atoms with Crippen LogP contribution in [0.2, 0.25) is 0 Å². The summed E-state index contributed by atoms with van der Waals surface area (Å²) >= 11 is 0. The maximum atomic E-state index is 12.4. The van der Waals surface area contributed by atoms with E-state index >= 15 is 0 Å². The van der Waals surface area contributed by atoms with Crippen molar-refractivity contribution in [1.29, 1.82) is 5.41 Å². The Hall–Kier alpha value is -3.44. The van der Waals surface area contributed by atoms with Crippen LogP contribution in [0.5, 0.6) is 0 Å². The maximum absolute atomic E-state index is 12.4. The summed E-state index contributed by atoms with van der Waals surface area (Å²) in [7, 11) is 0. The maximum Gasteiger partial charge on any atom is 0.291 e. The minimum absolute atomic E-state index is 0.101. The second-order valence-corrected chi connectivity index (χ2v) is 5.44. The summed E-state index contributed by atoms with van der Waals surface area (Å²) in [5.74, 6) is 2.68. The molecule has 0 saturated carbocycles. The summed E-state index contributed by atoms with van der Waals surface area (Å²) in [4.78, 5) is 25.9. The second kappa shape index (κ2) is 5.04. The molecule has 4 aromatic rings. The minimum Gasteiger partial charge on any atom is -0.266 e. The molecule has 3 heterocycles. The number of benzene rings is 1. The first-order chi connectivity index (χ1) is 11.6. The van der Waals surface area contributed by atoms with Gasteiger partial charge in [0.2, 0.25) is 0 Å². The Labute approximate surface area is 135 Å². The Balaban J connectivity index is 2.14. The molecule has 3 aromatic heterocycles. The first-order valence-corrected chi connectivity index (χ1v) is 7.33. The number of nitrogens with zero attached hydrogens (tertiary/aromatic N) is 5. The van der Waals surface area contributed by atoms with Crippen LogP contribution in [0.15, 0.2) is 35.1 Å². The van der Waals surface area contributed by atoms with E-state index in [2.05, 4.69) is 25.9 Å². The van der Waals surface area contributed by atoms with Gasteiger partial charge in [-0.15, -0.1) is 5.10 Å². The van der Waals surface area contributed by atoms with E-state index in [9.17, 15) is 4.79 Å². The van der Waals surface area contributed by atoms with Crippen molar-refractivity contribution in [1.82, 2.24) is 24.6 Å². The topological polar surface area (TPSA) is 96.9 Å². The van der Waals surface area contributed by atoms with Crippen LogP contribution in [0, 0.1) is 19.3 Å². The molecule has 0 spiro atoms. The number of aromatic nitrogens is 5. The van der Waals surface area contributed by atoms with Gasteiger partial charge in [-0.1, -0.05) is 30.3 Å². The molecular weight excluding hydrogens is 304 g/mol. The molecule has 1 aromatic carbocycles. The lowest BCUT2D eigenvalue weighted by atomic mass is 10.2. The van der Waals surface area contributed by atoms with Crippen LogP contribution in [0.25, 0.3) is 28.1 Å². The predicted octanol–water partition coefficient (Wildman–Crippen LogP) is 0.956. The number of hydrogen-bond donors (Lipinski definition) is 1. The molecule has 24 heavy (non-hydrogen) atoms. The van der Waals surface area contributed by atoms with Crippen molar-refractivity contribution in [3.63, 3.8) is 0 Å². The highest BCUT2D eigenvalue weighted by atomic mass is 16.1. The Morgan fingerprint density at radius 3 is 2.50 bits per heavy atom. The van der Waals surface area contributed by atoms with Crippen molar-refractivity contribution in [2.45, 2.75) is 13.8 Å². The Kier molecular flexibility index (Phi) is 2.98. The average molecular weight is 316 g/mol. The van der Waals surface area contributed by atoms with Gasteiger partial charge in [0.05, 0.1) is 16.8 Å². The van der Waals surface area contributed by atoms with E-state index in [1.807, 2.05) is 37.3 Å². The third kappa shape index (κ3) is 1.92. The summed E-state index contributed by atoms with van der Waals surface area (Å²) in [5, 5.41) is 12.3. The Bertz CT molecular complexity index is 1240. The molecule has 0 aliphatic heterocycles. The molecule has 4 rings (SSSR count). The van der Waals surface area contributed by atoms with Crippen molar-refractivity contribution >= 4 is 22.6 Å². The van der Waals surface area contributed by atoms with E-state index in [1.165, 1.54) is 4.52 Å². The van der Waals surface area contributed by atoms with Gasteiger partial charge in [-0.05, 0) is 19.7 Å². The monoisotopic (exact) mass is 316 g/mol. The third-order valence-electron chi connectivity index (χ3n) is 3.89. The highest BCUT2D eigenvalue weighted by molar-refractivity contribution is 5.92. The van der Waals surface area contributed by atoms with Crippen LogP contribution < -0.4 is 10.8 Å². The zero-order valence-electron chi connectivity index (χ0n) is 13.0. The van der Waals surface area contributed by atoms with Gasteiger partial charge in [0.25, 0.3) is 5.56 Å². The molecule has 1 N–H and O–H groups in total. The lowest BCUT2D eigenvalue weighted by Gasteiger charge is -2.01. The van der Waals surface area contributed by atoms with Gasteiger partial charge in [0, 0.05) is 5.56 Å². The van der Waals surface area contributed by atoms with Gasteiger partial charge in [0.15, 0.2) is 17.1 Å². The quantitative estimate of drug-likeness (QED) is 0.527. The second-order valence-electron chi connectivity index (χ2n) is 5.44. The molecule has 0 bridgehead atoms. The molecular formula is C17H12N6O. The molecule has 0 aliphatic rings. The first kappa shape index (κ1) is 14.2. The highest BCUT2D eigenvalue weighted by Crippen LogP contribution is 2.22. The molecule has 0 fully saturated rings. The lowest BCUT2D eigenvalue weighted by Crippen LogP contribution is -2.35. The fraction of sp³-hybridized carbons (Fsp3) is 0.118. The normalized spacial score (nSPS) is 11.1. The molecule has 0 radical (unpaired) electrons. The molecule has 0 aliphatic carbocycles. The van der Waals surface area contributed by atoms with Crippen LogP contribution in [-0.4, -0.2) is 30.4 Å². The number of nitrogens with one attached hydrogen (secondary N) is 1. The predicted molar refractivity (Wildman–Crippen MR) is 89.3 cm³/mol. The average Bonchev–Trinajstić information content (AvgIpc) is 2.95. The number of aryl methyl sites for hydroxylation is 2. The largest absolute Gasteiger partial charge is 0.291 e. The van der Waals surface area contributed by atoms with E-state index in [-0.39, 0.29) is 5.22 Å². The van der Waals surface area contributed by atoms with Gasteiger partial charge in [-0.2, -0.15) is 4.52 Å². The summed E-state index contributed by atoms with van der Waals surface area (Å²) in [6.45, 7) is 3.52. The smallest absolute Gasteiger partial charge is 0.266 e. The number of hydrogen-bond acceptors (Lipinski definition) is 6. The van der Waals surface area contributed by atoms with Crippen LogP contribution in [0.4, 0.5) is 0 Å². The van der Waals surface area contributed by atoms with Crippen molar-refractivity contribution in [3.05, 3.63) is 57.3 Å². The molecule has 0 saturated heterocycles. The zero-order valence-corrected chi connectivity index (χ0v) is 13.0. The van der Waals surface area contributed by atoms with E-state index in [0.29, 0.717) is 33.9 Å². The summed E-state index contributed by atoms with van der Waals surface area (Å²) in [6, 6.07) is 9.58. The summed E-state index contributed by atoms with van der Waals surface area (Å²) in [5.41, 5.74) is 2.41. The van der Waals surface area contributed by atoms with Crippen molar-refractivity contribution in [3.8, 4) is 11.4 Å². The van der Waals surface area contributed by atoms with Crippen LogP contribution >= 0.6 is 0 Å². The van der Waals surface area contributed by atoms with Gasteiger partial charge in [-0.3, -0.25) is 10.2 Å². The number of fused-ring (bicyclic) bond motifs is 3. The van der Waals surface area contributed by atoms with Crippen molar-refractivity contribution in [2.75, 3.05) is 0 Å². The zero-order chi connectivity index (χ0) is 16.8. The van der Waals surface area contributed by atoms with E-state index in [1.54, 1.807) is 6.92 Å². The van der Waals surface area contributed by atoms with Gasteiger partial charge in [0.1, 0.15) is 5.22 Å². The standard InChI is InChI=1S/C17H12N6O/c1-9-12(8-18)17(24)23-16(20-9)13-10(2)19-14(21-15(13)22-23)11-6-4-3-5-7-11/h3-7,18H,1-2H3. The summed E-state index contributed by atoms with van der Waals surface area (Å²) < 4.78 is 1.17. The SMILES string of the molecule is Cc1nc2c3c(C)nc(-c4ccccc4)nc3nn2c(=O)c1=C=N. The third-order valence-corrected chi connectivity index (χ3v) is 3.89. The Morgan fingerprint density at radius 2 is 1.79 bits per heavy atom. The minimum atomic E-state index is -0.425. The first-order valence-electron chi connectivity index (χ1n) is 7.33. The molecule has 0 amide bonds. The van der Waals surface area contributed by atoms with Gasteiger partial charge in [-0.25, -0.2) is 15.0 Å². The molecule has 116 valence electrons. The van der Waals surface area contributed by atoms with Crippen LogP contribution in [0.3, 0.4) is 0 Å². The van der Waals surface area contributed by atoms with E-state index in [4.69, 9.17) is 5.41 Å². The fourth-order valence-electron chi connectivity index (χ4n) is 2.72. The molecule has 7 nitrogen and oxygen atoms in total. The molecule has 0 atom stereocenters. The Morgan fingerprint density at radius 1 is 1.04 bits per heavy atom. The molecule has 0 unspecified atom stereocenters. The van der Waals surface area contributed by atoms with Gasteiger partial charge >= 0.3 is 0 Å². The lowest BCUT2D eigenvalue weighted by molar-refractivity contribution is 0.885. The number of rotatable bonds is 1. The van der Waals surface area contributed by atoms with Crippen LogP contribution in [-0.2, 0) is 0 Å². The van der Waals surface area contributed by atoms with Gasteiger partial charge < -0.3 is 0 Å². The van der Waals surface area contributed by atoms with E-state index < -0.39 is 5.56 Å². The van der Waals surface area contributed by atoms with Crippen LogP contribution in [0.1, 0.15) is 11.4 Å². The van der Waals surface area contributed by atoms with Crippen molar-refractivity contribution < 1.29 is 0 Å². The van der Waals surface area contributed by atoms with Crippen molar-refractivity contribution in [2.24, 2.45) is 0 Å². The fourth-order valence-corrected chi connectivity index (χ4v) is 2.72. The molecule has 7 heteroatoms. The summed E-state index contributed by atoms with van der Waals surface area (Å²) in [6.07, 6.45) is 0. The van der Waals surface area contributed by atoms with E-state index in [0.717, 1.165) is 5.56 Å².